The minimum absolute atomic E-state index is 0.0314. The van der Waals surface area contributed by atoms with Crippen LogP contribution in [-0.2, 0) is 13.1 Å². The van der Waals surface area contributed by atoms with Gasteiger partial charge in [-0.1, -0.05) is 6.42 Å². The maximum atomic E-state index is 14.1. The van der Waals surface area contributed by atoms with Crippen molar-refractivity contribution >= 4 is 11.8 Å². The van der Waals surface area contributed by atoms with Crippen molar-refractivity contribution in [1.29, 1.82) is 0 Å². The van der Waals surface area contributed by atoms with E-state index >= 15 is 0 Å². The van der Waals surface area contributed by atoms with E-state index in [-0.39, 0.29) is 34.8 Å². The predicted molar refractivity (Wildman–Crippen MR) is 110 cm³/mol. The summed E-state index contributed by atoms with van der Waals surface area (Å²) < 4.78 is 29.6. The highest BCUT2D eigenvalue weighted by Crippen LogP contribution is 2.44. The topological polar surface area (TPSA) is 91.6 Å². The van der Waals surface area contributed by atoms with Crippen LogP contribution >= 0.6 is 0 Å². The number of carbonyl (C=O) groups is 2. The van der Waals surface area contributed by atoms with Crippen LogP contribution in [0.5, 0.6) is 5.75 Å². The Morgan fingerprint density at radius 3 is 2.66 bits per heavy atom. The van der Waals surface area contributed by atoms with Crippen LogP contribution in [0.2, 0.25) is 0 Å². The Labute approximate surface area is 182 Å². The largest absolute Gasteiger partial charge is 0.503 e. The first kappa shape index (κ1) is 20.7. The highest BCUT2D eigenvalue weighted by atomic mass is 19.1. The molecule has 2 aromatic rings. The van der Waals surface area contributed by atoms with Gasteiger partial charge in [0.15, 0.2) is 11.4 Å². The molecule has 3 atom stereocenters. The van der Waals surface area contributed by atoms with Gasteiger partial charge in [0.05, 0.1) is 6.04 Å². The molecule has 1 saturated carbocycles. The Balaban J connectivity index is 1.45. The Bertz CT molecular complexity index is 1190. The fraction of sp³-hybridized carbons (Fsp3) is 0.435. The number of benzene rings is 1. The highest BCUT2D eigenvalue weighted by molar-refractivity contribution is 5.99. The number of hydrogen-bond donors (Lipinski definition) is 2. The molecule has 1 aromatic heterocycles. The average Bonchev–Trinajstić information content (AvgIpc) is 2.99. The molecule has 2 bridgehead atoms. The van der Waals surface area contributed by atoms with Crippen LogP contribution in [0.3, 0.4) is 0 Å². The van der Waals surface area contributed by atoms with Gasteiger partial charge in [-0.3, -0.25) is 14.4 Å². The molecule has 9 heteroatoms. The first-order valence-corrected chi connectivity index (χ1v) is 10.8. The van der Waals surface area contributed by atoms with E-state index in [1.165, 1.54) is 10.8 Å². The quantitative estimate of drug-likeness (QED) is 0.763. The zero-order valence-corrected chi connectivity index (χ0v) is 17.5. The molecule has 1 aromatic carbocycles. The lowest BCUT2D eigenvalue weighted by molar-refractivity contribution is 0.0568. The molecular formula is C23H23F2N3O4. The molecule has 1 saturated heterocycles. The van der Waals surface area contributed by atoms with E-state index in [1.54, 1.807) is 11.8 Å². The number of pyridine rings is 1. The number of aromatic nitrogens is 1. The van der Waals surface area contributed by atoms with Gasteiger partial charge in [-0.2, -0.15) is 0 Å². The van der Waals surface area contributed by atoms with Crippen molar-refractivity contribution in [1.82, 2.24) is 14.8 Å². The number of carbonyl (C=O) groups excluding carboxylic acids is 2. The van der Waals surface area contributed by atoms with Gasteiger partial charge in [-0.05, 0) is 49.8 Å². The minimum Gasteiger partial charge on any atom is -0.503 e. The predicted octanol–water partition coefficient (Wildman–Crippen LogP) is 2.47. The molecular weight excluding hydrogens is 420 g/mol. The van der Waals surface area contributed by atoms with Crippen LogP contribution in [0.15, 0.2) is 23.1 Å². The van der Waals surface area contributed by atoms with E-state index in [0.717, 1.165) is 37.8 Å². The zero-order chi connectivity index (χ0) is 22.7. The number of fused-ring (bicyclic) bond motifs is 6. The summed E-state index contributed by atoms with van der Waals surface area (Å²) >= 11 is 0. The molecule has 2 fully saturated rings. The molecule has 3 heterocycles. The Hall–Kier alpha value is -3.23. The van der Waals surface area contributed by atoms with E-state index in [0.29, 0.717) is 18.0 Å². The number of amides is 2. The van der Waals surface area contributed by atoms with E-state index in [9.17, 15) is 28.3 Å². The van der Waals surface area contributed by atoms with Gasteiger partial charge in [0.25, 0.3) is 11.8 Å². The van der Waals surface area contributed by atoms with Crippen LogP contribution in [-0.4, -0.2) is 38.5 Å². The molecule has 2 aliphatic heterocycles. The molecule has 32 heavy (non-hydrogen) atoms. The van der Waals surface area contributed by atoms with E-state index in [1.807, 2.05) is 0 Å². The summed E-state index contributed by atoms with van der Waals surface area (Å²) in [5.41, 5.74) is -1.38. The van der Waals surface area contributed by atoms with Gasteiger partial charge in [-0.25, -0.2) is 8.78 Å². The summed E-state index contributed by atoms with van der Waals surface area (Å²) in [6.07, 6.45) is 5.15. The second-order valence-electron chi connectivity index (χ2n) is 8.97. The number of nitrogens with zero attached hydrogens (tertiary/aromatic N) is 2. The summed E-state index contributed by atoms with van der Waals surface area (Å²) in [5, 5.41) is 12.9. The van der Waals surface area contributed by atoms with E-state index in [4.69, 9.17) is 0 Å². The van der Waals surface area contributed by atoms with Crippen LogP contribution < -0.4 is 10.7 Å². The number of aromatic hydroxyl groups is 1. The lowest BCUT2D eigenvalue weighted by atomic mass is 9.87. The van der Waals surface area contributed by atoms with Crippen LogP contribution in [0.25, 0.3) is 0 Å². The van der Waals surface area contributed by atoms with Gasteiger partial charge in [0.2, 0.25) is 5.43 Å². The van der Waals surface area contributed by atoms with E-state index < -0.39 is 35.3 Å². The van der Waals surface area contributed by atoms with Gasteiger partial charge in [0.1, 0.15) is 17.2 Å². The van der Waals surface area contributed by atoms with Crippen molar-refractivity contribution in [3.63, 3.8) is 0 Å². The number of halogens is 2. The minimum atomic E-state index is -0.979. The lowest BCUT2D eigenvalue weighted by Gasteiger charge is -2.36. The van der Waals surface area contributed by atoms with Gasteiger partial charge in [-0.15, -0.1) is 0 Å². The van der Waals surface area contributed by atoms with Gasteiger partial charge < -0.3 is 19.9 Å². The monoisotopic (exact) mass is 443 g/mol. The third-order valence-electron chi connectivity index (χ3n) is 7.01. The Morgan fingerprint density at radius 2 is 1.94 bits per heavy atom. The normalized spacial score (nSPS) is 23.7. The molecule has 5 rings (SSSR count). The molecule has 168 valence electrons. The molecule has 0 radical (unpaired) electrons. The summed E-state index contributed by atoms with van der Waals surface area (Å²) in [7, 11) is 0. The Morgan fingerprint density at radius 1 is 1.22 bits per heavy atom. The van der Waals surface area contributed by atoms with Crippen molar-refractivity contribution in [2.75, 3.05) is 0 Å². The molecule has 1 aliphatic carbocycles. The van der Waals surface area contributed by atoms with Crippen LogP contribution in [0.1, 0.15) is 57.7 Å². The highest BCUT2D eigenvalue weighted by Gasteiger charge is 2.49. The third-order valence-corrected chi connectivity index (χ3v) is 7.01. The molecule has 0 unspecified atom stereocenters. The second kappa shape index (κ2) is 7.43. The van der Waals surface area contributed by atoms with Crippen LogP contribution in [0, 0.1) is 24.5 Å². The molecule has 0 spiro atoms. The maximum Gasteiger partial charge on any atom is 0.275 e. The fourth-order valence-corrected chi connectivity index (χ4v) is 5.52. The number of nitrogens with one attached hydrogen (secondary N) is 1. The number of rotatable bonds is 3. The Kier molecular flexibility index (Phi) is 4.79. The lowest BCUT2D eigenvalue weighted by Crippen LogP contribution is -2.49. The fourth-order valence-electron chi connectivity index (χ4n) is 5.52. The number of hydrogen-bond acceptors (Lipinski definition) is 4. The van der Waals surface area contributed by atoms with Crippen molar-refractivity contribution in [2.24, 2.45) is 5.92 Å². The van der Waals surface area contributed by atoms with Crippen molar-refractivity contribution in [3.05, 3.63) is 62.6 Å². The second-order valence-corrected chi connectivity index (χ2v) is 8.97. The zero-order valence-electron chi connectivity index (χ0n) is 17.5. The third kappa shape index (κ3) is 3.10. The maximum absolute atomic E-state index is 14.1. The average molecular weight is 443 g/mol. The standard InChI is InChI=1S/C23H23F2N3O4/c1-11-5-16(24)14(17(25)6-11)8-26-22(31)15-9-27-10-18-12-3-2-4-13(7-12)28(18)23(32)19(27)21(30)20(15)29/h5-6,9,12-13,18,30H,2-4,7-8,10H2,1H3,(H,26,31)/t12-,13+,18-/m1/s1. The summed E-state index contributed by atoms with van der Waals surface area (Å²) in [4.78, 5) is 40.3. The van der Waals surface area contributed by atoms with Crippen molar-refractivity contribution in [3.8, 4) is 5.75 Å². The molecule has 2 amide bonds. The number of aryl methyl sites for hydroxylation is 1. The first-order chi connectivity index (χ1) is 15.3. The smallest absolute Gasteiger partial charge is 0.275 e. The van der Waals surface area contributed by atoms with Gasteiger partial charge >= 0.3 is 0 Å². The SMILES string of the molecule is Cc1cc(F)c(CNC(=O)c2cn3c(c(O)c2=O)C(=O)N2[C@H]4CCC[C@H](C4)[C@H]2C3)c(F)c1. The summed E-state index contributed by atoms with van der Waals surface area (Å²) in [6.45, 7) is 1.47. The van der Waals surface area contributed by atoms with Gasteiger partial charge in [0, 0.05) is 30.9 Å². The summed E-state index contributed by atoms with van der Waals surface area (Å²) in [5.74, 6) is -3.27. The molecule has 2 N–H and O–H groups in total. The molecule has 3 aliphatic rings. The van der Waals surface area contributed by atoms with E-state index in [2.05, 4.69) is 5.32 Å². The summed E-state index contributed by atoms with van der Waals surface area (Å²) in [6, 6.07) is 2.40. The molecule has 7 nitrogen and oxygen atoms in total. The van der Waals surface area contributed by atoms with Crippen LogP contribution in [0.4, 0.5) is 8.78 Å². The first-order valence-electron chi connectivity index (χ1n) is 10.8. The van der Waals surface area contributed by atoms with Crippen molar-refractivity contribution in [2.45, 2.75) is 57.8 Å². The van der Waals surface area contributed by atoms with Crippen molar-refractivity contribution < 1.29 is 23.5 Å².